The summed E-state index contributed by atoms with van der Waals surface area (Å²) in [6.45, 7) is 4.74. The first kappa shape index (κ1) is 17.4. The van der Waals surface area contributed by atoms with Gasteiger partial charge in [-0.3, -0.25) is 0 Å². The number of anilines is 1. The van der Waals surface area contributed by atoms with E-state index in [1.807, 2.05) is 18.7 Å². The van der Waals surface area contributed by atoms with Crippen LogP contribution in [0.25, 0.3) is 0 Å². The van der Waals surface area contributed by atoms with Gasteiger partial charge in [0.2, 0.25) is 10.0 Å². The summed E-state index contributed by atoms with van der Waals surface area (Å²) in [5, 5.41) is 14.4. The van der Waals surface area contributed by atoms with Crippen molar-refractivity contribution in [1.29, 1.82) is 0 Å². The molecule has 118 valence electrons. The largest absolute Gasteiger partial charge is 0.478 e. The number of nitrogens with zero attached hydrogens (tertiary/aromatic N) is 1. The number of carbonyl (C=O) groups is 1. The second-order valence-corrected chi connectivity index (χ2v) is 6.37. The van der Waals surface area contributed by atoms with Gasteiger partial charge in [0.1, 0.15) is 0 Å². The molecule has 0 spiro atoms. The van der Waals surface area contributed by atoms with Gasteiger partial charge in [-0.1, -0.05) is 0 Å². The van der Waals surface area contributed by atoms with E-state index in [0.717, 1.165) is 6.07 Å². The molecule has 0 bridgehead atoms. The highest BCUT2D eigenvalue weighted by molar-refractivity contribution is 7.89. The van der Waals surface area contributed by atoms with Crippen molar-refractivity contribution in [2.75, 3.05) is 25.2 Å². The summed E-state index contributed by atoms with van der Waals surface area (Å²) in [6, 6.07) is 3.87. The molecule has 0 unspecified atom stereocenters. The summed E-state index contributed by atoms with van der Waals surface area (Å²) in [4.78, 5) is 13.0. The summed E-state index contributed by atoms with van der Waals surface area (Å²) in [6.07, 6.45) is 0. The maximum atomic E-state index is 11.4. The first-order chi connectivity index (χ1) is 9.68. The van der Waals surface area contributed by atoms with E-state index in [-0.39, 0.29) is 16.5 Å². The first-order valence-corrected chi connectivity index (χ1v) is 7.88. The highest BCUT2D eigenvalue weighted by atomic mass is 32.2. The lowest BCUT2D eigenvalue weighted by Gasteiger charge is -2.30. The summed E-state index contributed by atoms with van der Waals surface area (Å²) in [7, 11) is -2.39. The summed E-state index contributed by atoms with van der Waals surface area (Å²) >= 11 is 0. The topological polar surface area (TPSA) is 110 Å². The molecular formula is C13H20N2O5S. The lowest BCUT2D eigenvalue weighted by Crippen LogP contribution is -2.35. The monoisotopic (exact) mass is 316 g/mol. The molecule has 0 saturated carbocycles. The normalized spacial score (nSPS) is 11.7. The van der Waals surface area contributed by atoms with Crippen LogP contribution >= 0.6 is 0 Å². The third kappa shape index (κ3) is 4.42. The van der Waals surface area contributed by atoms with E-state index in [1.165, 1.54) is 12.1 Å². The van der Waals surface area contributed by atoms with Gasteiger partial charge in [0.15, 0.2) is 0 Å². The Morgan fingerprint density at radius 3 is 2.48 bits per heavy atom. The third-order valence-electron chi connectivity index (χ3n) is 3.00. The highest BCUT2D eigenvalue weighted by Crippen LogP contribution is 2.25. The fraction of sp³-hybridized carbons (Fsp3) is 0.462. The number of benzene rings is 1. The number of hydrogen-bond acceptors (Lipinski definition) is 5. The molecule has 0 aliphatic carbocycles. The van der Waals surface area contributed by atoms with E-state index >= 15 is 0 Å². The third-order valence-corrected chi connectivity index (χ3v) is 3.91. The number of methoxy groups -OCH3 is 1. The van der Waals surface area contributed by atoms with Gasteiger partial charge < -0.3 is 14.7 Å². The van der Waals surface area contributed by atoms with Crippen molar-refractivity contribution in [2.24, 2.45) is 5.14 Å². The molecule has 8 heteroatoms. The van der Waals surface area contributed by atoms with Gasteiger partial charge in [-0.2, -0.15) is 0 Å². The zero-order valence-corrected chi connectivity index (χ0v) is 13.1. The molecule has 0 saturated heterocycles. The molecule has 1 aromatic rings. The van der Waals surface area contributed by atoms with Crippen LogP contribution in [0.3, 0.4) is 0 Å². The van der Waals surface area contributed by atoms with Crippen LogP contribution in [-0.2, 0) is 14.8 Å². The van der Waals surface area contributed by atoms with Crippen LogP contribution in [0.5, 0.6) is 0 Å². The Morgan fingerprint density at radius 1 is 1.43 bits per heavy atom. The number of ether oxygens (including phenoxy) is 1. The molecule has 1 aromatic carbocycles. The second kappa shape index (κ2) is 6.88. The molecule has 0 radical (unpaired) electrons. The van der Waals surface area contributed by atoms with E-state index in [2.05, 4.69) is 0 Å². The number of carboxylic acids is 1. The van der Waals surface area contributed by atoms with Crippen LogP contribution in [0.15, 0.2) is 23.1 Å². The van der Waals surface area contributed by atoms with Gasteiger partial charge >= 0.3 is 5.97 Å². The summed E-state index contributed by atoms with van der Waals surface area (Å²) in [5.74, 6) is -1.21. The smallest absolute Gasteiger partial charge is 0.337 e. The number of primary sulfonamides is 1. The first-order valence-electron chi connectivity index (χ1n) is 6.34. The predicted octanol–water partition coefficient (Wildman–Crippen LogP) is 0.893. The molecule has 7 nitrogen and oxygen atoms in total. The van der Waals surface area contributed by atoms with Crippen molar-refractivity contribution in [3.8, 4) is 0 Å². The van der Waals surface area contributed by atoms with Crippen molar-refractivity contribution in [1.82, 2.24) is 0 Å². The number of aromatic carboxylic acids is 1. The van der Waals surface area contributed by atoms with Crippen molar-refractivity contribution in [2.45, 2.75) is 24.8 Å². The maximum Gasteiger partial charge on any atom is 0.337 e. The van der Waals surface area contributed by atoms with E-state index in [4.69, 9.17) is 9.88 Å². The van der Waals surface area contributed by atoms with Crippen molar-refractivity contribution >= 4 is 21.7 Å². The second-order valence-electron chi connectivity index (χ2n) is 4.81. The number of nitrogens with two attached hydrogens (primary N) is 1. The Labute approximate surface area is 124 Å². The standard InChI is InChI=1S/C13H20N2O5S/c1-9(2)15(6-7-20-3)12-5-4-10(21(14,18)19)8-11(12)13(16)17/h4-5,8-9H,6-7H2,1-3H3,(H,16,17)(H2,14,18,19). The molecule has 0 heterocycles. The van der Waals surface area contributed by atoms with Gasteiger partial charge in [0, 0.05) is 19.7 Å². The lowest BCUT2D eigenvalue weighted by atomic mass is 10.1. The molecule has 3 N–H and O–H groups in total. The fourth-order valence-corrected chi connectivity index (χ4v) is 2.50. The van der Waals surface area contributed by atoms with Gasteiger partial charge in [-0.15, -0.1) is 0 Å². The average Bonchev–Trinajstić information content (AvgIpc) is 2.37. The van der Waals surface area contributed by atoms with E-state index in [9.17, 15) is 18.3 Å². The highest BCUT2D eigenvalue weighted by Gasteiger charge is 2.21. The van der Waals surface area contributed by atoms with E-state index in [0.29, 0.717) is 18.8 Å². The minimum Gasteiger partial charge on any atom is -0.478 e. The molecule has 0 aliphatic heterocycles. The van der Waals surface area contributed by atoms with Crippen molar-refractivity contribution in [3.05, 3.63) is 23.8 Å². The summed E-state index contributed by atoms with van der Waals surface area (Å²) < 4.78 is 27.7. The zero-order chi connectivity index (χ0) is 16.2. The Morgan fingerprint density at radius 2 is 2.05 bits per heavy atom. The quantitative estimate of drug-likeness (QED) is 0.773. The van der Waals surface area contributed by atoms with Crippen molar-refractivity contribution < 1.29 is 23.1 Å². The van der Waals surface area contributed by atoms with Crippen LogP contribution in [-0.4, -0.2) is 45.8 Å². The molecular weight excluding hydrogens is 296 g/mol. The van der Waals surface area contributed by atoms with Crippen LogP contribution in [0, 0.1) is 0 Å². The van der Waals surface area contributed by atoms with E-state index < -0.39 is 16.0 Å². The molecule has 1 rings (SSSR count). The lowest BCUT2D eigenvalue weighted by molar-refractivity contribution is 0.0697. The average molecular weight is 316 g/mol. The maximum absolute atomic E-state index is 11.4. The Balaban J connectivity index is 3.37. The van der Waals surface area contributed by atoms with E-state index in [1.54, 1.807) is 7.11 Å². The zero-order valence-electron chi connectivity index (χ0n) is 12.2. The number of sulfonamides is 1. The van der Waals surface area contributed by atoms with Crippen molar-refractivity contribution in [3.63, 3.8) is 0 Å². The van der Waals surface area contributed by atoms with Gasteiger partial charge in [0.25, 0.3) is 0 Å². The predicted molar refractivity (Wildman–Crippen MR) is 79.1 cm³/mol. The fourth-order valence-electron chi connectivity index (χ4n) is 1.96. The number of hydrogen-bond donors (Lipinski definition) is 2. The Hall–Kier alpha value is -1.64. The van der Waals surface area contributed by atoms with Crippen LogP contribution < -0.4 is 10.0 Å². The van der Waals surface area contributed by atoms with Crippen LogP contribution in [0.1, 0.15) is 24.2 Å². The molecule has 0 amide bonds. The summed E-state index contributed by atoms with van der Waals surface area (Å²) in [5.41, 5.74) is 0.327. The minimum absolute atomic E-state index is 0.0265. The molecule has 21 heavy (non-hydrogen) atoms. The minimum atomic E-state index is -3.95. The SMILES string of the molecule is COCCN(c1ccc(S(N)(=O)=O)cc1C(=O)O)C(C)C. The molecule has 0 aliphatic rings. The molecule has 0 atom stereocenters. The molecule has 0 fully saturated rings. The van der Waals surface area contributed by atoms with Gasteiger partial charge in [-0.05, 0) is 32.0 Å². The van der Waals surface area contributed by atoms with Gasteiger partial charge in [-0.25, -0.2) is 18.4 Å². The van der Waals surface area contributed by atoms with Crippen LogP contribution in [0.4, 0.5) is 5.69 Å². The number of rotatable bonds is 7. The molecule has 0 aromatic heterocycles. The van der Waals surface area contributed by atoms with Gasteiger partial charge in [0.05, 0.1) is 22.8 Å². The Kier molecular flexibility index (Phi) is 5.70. The Bertz CT molecular complexity index is 613. The number of carboxylic acid groups (broad SMARTS) is 1. The van der Waals surface area contributed by atoms with Crippen LogP contribution in [0.2, 0.25) is 0 Å².